The summed E-state index contributed by atoms with van der Waals surface area (Å²) in [5, 5.41) is 11.4. The summed E-state index contributed by atoms with van der Waals surface area (Å²) in [6, 6.07) is 73.7. The van der Waals surface area contributed by atoms with Crippen molar-refractivity contribution in [1.29, 1.82) is 0 Å². The number of fused-ring (bicyclic) bond motifs is 13. The molecular weight excluding hydrogens is 855 g/mol. The van der Waals surface area contributed by atoms with Gasteiger partial charge < -0.3 is 13.9 Å². The van der Waals surface area contributed by atoms with Gasteiger partial charge in [0.25, 0.3) is 0 Å². The van der Waals surface area contributed by atoms with Crippen molar-refractivity contribution in [3.8, 4) is 28.5 Å². The summed E-state index contributed by atoms with van der Waals surface area (Å²) in [5.74, 6) is 1.85. The van der Waals surface area contributed by atoms with E-state index >= 15 is 0 Å². The lowest BCUT2D eigenvalue weighted by Crippen LogP contribution is -2.45. The summed E-state index contributed by atoms with van der Waals surface area (Å²) < 4.78 is 9.50. The number of hydrogen-bond acceptors (Lipinski definition) is 5. The molecule has 10 aromatic carbocycles. The predicted octanol–water partition coefficient (Wildman–Crippen LogP) is 16.3. The summed E-state index contributed by atoms with van der Waals surface area (Å²) in [6.07, 6.45) is 6.72. The van der Waals surface area contributed by atoms with Gasteiger partial charge in [-0.25, -0.2) is 15.0 Å². The molecule has 3 aromatic heterocycles. The van der Waals surface area contributed by atoms with Crippen LogP contribution in [0.4, 0.5) is 11.4 Å². The maximum Gasteiger partial charge on any atom is 0.164 e. The lowest BCUT2D eigenvalue weighted by molar-refractivity contribution is 0.556. The Labute approximate surface area is 402 Å². The number of para-hydroxylation sites is 3. The van der Waals surface area contributed by atoms with Crippen LogP contribution in [0.3, 0.4) is 0 Å². The zero-order valence-corrected chi connectivity index (χ0v) is 38.1. The minimum absolute atomic E-state index is 0.0394. The Bertz CT molecular complexity index is 4410. The van der Waals surface area contributed by atoms with Crippen molar-refractivity contribution in [2.75, 3.05) is 4.90 Å². The van der Waals surface area contributed by atoms with Crippen LogP contribution < -0.4 is 4.90 Å². The van der Waals surface area contributed by atoms with Gasteiger partial charge in [-0.15, -0.1) is 0 Å². The van der Waals surface area contributed by atoms with Crippen molar-refractivity contribution >= 4 is 93.0 Å². The van der Waals surface area contributed by atoms with Crippen molar-refractivity contribution in [1.82, 2.24) is 19.5 Å². The van der Waals surface area contributed by atoms with Crippen molar-refractivity contribution in [2.24, 2.45) is 0 Å². The molecule has 15 rings (SSSR count). The van der Waals surface area contributed by atoms with E-state index in [-0.39, 0.29) is 5.92 Å². The topological polar surface area (TPSA) is 60.0 Å². The second kappa shape index (κ2) is 14.7. The van der Waals surface area contributed by atoms with Crippen LogP contribution in [0.15, 0.2) is 229 Å². The van der Waals surface area contributed by atoms with Crippen molar-refractivity contribution < 1.29 is 4.42 Å². The van der Waals surface area contributed by atoms with E-state index in [1.807, 2.05) is 6.07 Å². The summed E-state index contributed by atoms with van der Waals surface area (Å²) in [4.78, 5) is 19.0. The summed E-state index contributed by atoms with van der Waals surface area (Å²) in [5.41, 5.74) is 10.5. The third-order valence-corrected chi connectivity index (χ3v) is 15.1. The maximum atomic E-state index is 7.10. The monoisotopic (exact) mass is 895 g/mol. The van der Waals surface area contributed by atoms with E-state index in [1.165, 1.54) is 43.6 Å². The summed E-state index contributed by atoms with van der Waals surface area (Å²) in [7, 11) is 0. The molecule has 0 bridgehead atoms. The zero-order valence-electron chi connectivity index (χ0n) is 38.1. The molecule has 1 aliphatic heterocycles. The Kier molecular flexibility index (Phi) is 8.17. The molecule has 2 aliphatic rings. The maximum absolute atomic E-state index is 7.10. The fourth-order valence-electron chi connectivity index (χ4n) is 11.9. The Morgan fingerprint density at radius 1 is 0.486 bits per heavy atom. The van der Waals surface area contributed by atoms with Crippen LogP contribution in [-0.4, -0.2) is 25.1 Å². The fourth-order valence-corrected chi connectivity index (χ4v) is 11.9. The highest BCUT2D eigenvalue weighted by atomic mass is 16.3. The number of furan rings is 1. The average Bonchev–Trinajstić information content (AvgIpc) is 4.05. The van der Waals surface area contributed by atoms with Gasteiger partial charge in [0.1, 0.15) is 5.58 Å². The smallest absolute Gasteiger partial charge is 0.164 e. The molecule has 0 fully saturated rings. The third-order valence-electron chi connectivity index (χ3n) is 15.1. The minimum atomic E-state index is -0.578. The second-order valence-corrected chi connectivity index (χ2v) is 18.9. The van der Waals surface area contributed by atoms with Gasteiger partial charge in [0, 0.05) is 55.5 Å². The van der Waals surface area contributed by atoms with E-state index in [1.54, 1.807) is 0 Å². The van der Waals surface area contributed by atoms with E-state index in [9.17, 15) is 0 Å². The van der Waals surface area contributed by atoms with Crippen LogP contribution in [-0.2, 0) is 0 Å². The first-order chi connectivity index (χ1) is 34.6. The van der Waals surface area contributed by atoms with Gasteiger partial charge in [0.15, 0.2) is 23.1 Å². The number of aromatic nitrogens is 4. The Morgan fingerprint density at radius 2 is 1.16 bits per heavy atom. The van der Waals surface area contributed by atoms with Crippen LogP contribution in [0.2, 0.25) is 0 Å². The molecular formula is C64H41N5O. The second-order valence-electron chi connectivity index (χ2n) is 18.9. The molecule has 2 unspecified atom stereocenters. The zero-order chi connectivity index (χ0) is 46.1. The SMILES string of the molecule is CC12C(c3nc(-c4ccc5ccccc5c4)nc(-c4ccc(-n5c6cc7ccccc7cc6c6c7ccccc7ccc65)c5oc6ccccc6c45)n3)=CC=CC1c1ccccc1N2c1ccccc1. The number of rotatable bonds is 5. The number of allylic oxidation sites excluding steroid dienone is 2. The standard InChI is InChI=1S/C64H41N5O/c1-64-51(47-24-11-13-28-53(47)69(64)45-21-3-2-4-22-45)26-15-27-52(64)63-66-61(44-31-30-39-16-5-6-18-41(39)36-44)65-62(67-63)49-33-35-55(60-59(49)48-25-12-14-29-57(48)70-60)68-54-34-32-40-17-9-10-23-46(40)58(54)50-37-42-19-7-8-20-43(42)38-56(50)68/h2-38,51H,1H3. The van der Waals surface area contributed by atoms with Crippen molar-refractivity contribution in [3.05, 3.63) is 236 Å². The minimum Gasteiger partial charge on any atom is -0.454 e. The van der Waals surface area contributed by atoms with E-state index in [4.69, 9.17) is 19.4 Å². The number of hydrogen-bond donors (Lipinski definition) is 0. The highest BCUT2D eigenvalue weighted by Gasteiger charge is 2.52. The van der Waals surface area contributed by atoms with E-state index in [0.717, 1.165) is 71.8 Å². The number of benzene rings is 10. The first kappa shape index (κ1) is 38.9. The Morgan fingerprint density at radius 3 is 2.01 bits per heavy atom. The van der Waals surface area contributed by atoms with Crippen LogP contribution in [0, 0.1) is 0 Å². The molecule has 0 N–H and O–H groups in total. The molecule has 1 aliphatic carbocycles. The first-order valence-corrected chi connectivity index (χ1v) is 24.0. The van der Waals surface area contributed by atoms with Gasteiger partial charge >= 0.3 is 0 Å². The highest BCUT2D eigenvalue weighted by Crippen LogP contribution is 2.58. The van der Waals surface area contributed by atoms with Crippen LogP contribution >= 0.6 is 0 Å². The van der Waals surface area contributed by atoms with E-state index in [2.05, 4.69) is 235 Å². The molecule has 6 nitrogen and oxygen atoms in total. The first-order valence-electron chi connectivity index (χ1n) is 24.0. The molecule has 0 saturated carbocycles. The van der Waals surface area contributed by atoms with Gasteiger partial charge in [-0.05, 0) is 105 Å². The highest BCUT2D eigenvalue weighted by molar-refractivity contribution is 6.24. The predicted molar refractivity (Wildman–Crippen MR) is 288 cm³/mol. The quantitative estimate of drug-likeness (QED) is 0.172. The largest absolute Gasteiger partial charge is 0.454 e. The molecule has 0 amide bonds. The van der Waals surface area contributed by atoms with Crippen molar-refractivity contribution in [3.63, 3.8) is 0 Å². The molecule has 328 valence electrons. The van der Waals surface area contributed by atoms with E-state index < -0.39 is 5.54 Å². The van der Waals surface area contributed by atoms with Gasteiger partial charge in [-0.2, -0.15) is 0 Å². The lowest BCUT2D eigenvalue weighted by Gasteiger charge is -2.43. The van der Waals surface area contributed by atoms with Gasteiger partial charge in [-0.1, -0.05) is 164 Å². The lowest BCUT2D eigenvalue weighted by atomic mass is 9.74. The Hall–Kier alpha value is -9.13. The van der Waals surface area contributed by atoms with Crippen LogP contribution in [0.5, 0.6) is 0 Å². The molecule has 4 heterocycles. The molecule has 0 saturated heterocycles. The van der Waals surface area contributed by atoms with Crippen molar-refractivity contribution in [2.45, 2.75) is 18.4 Å². The molecule has 2 atom stereocenters. The van der Waals surface area contributed by atoms with Crippen LogP contribution in [0.25, 0.3) is 110 Å². The van der Waals surface area contributed by atoms with E-state index in [0.29, 0.717) is 17.5 Å². The summed E-state index contributed by atoms with van der Waals surface area (Å²) in [6.45, 7) is 2.34. The number of anilines is 2. The Balaban J connectivity index is 1.01. The van der Waals surface area contributed by atoms with Gasteiger partial charge in [0.2, 0.25) is 0 Å². The third kappa shape index (κ3) is 5.53. The molecule has 0 spiro atoms. The molecule has 6 heteroatoms. The van der Waals surface area contributed by atoms with Gasteiger partial charge in [-0.3, -0.25) is 0 Å². The molecule has 70 heavy (non-hydrogen) atoms. The van der Waals surface area contributed by atoms with Crippen LogP contribution in [0.1, 0.15) is 24.2 Å². The normalized spacial score (nSPS) is 16.6. The summed E-state index contributed by atoms with van der Waals surface area (Å²) >= 11 is 0. The molecule has 0 radical (unpaired) electrons. The molecule has 13 aromatic rings. The average molecular weight is 896 g/mol. The number of nitrogens with zero attached hydrogens (tertiary/aromatic N) is 5. The van der Waals surface area contributed by atoms with Gasteiger partial charge in [0.05, 0.1) is 22.3 Å². The fraction of sp³-hybridized carbons (Fsp3) is 0.0469.